The average Bonchev–Trinajstić information content (AvgIpc) is 3.51. The molecule has 0 amide bonds. The van der Waals surface area contributed by atoms with Crippen molar-refractivity contribution < 1.29 is 35.8 Å². The monoisotopic (exact) mass is 610 g/mol. The van der Waals surface area contributed by atoms with Gasteiger partial charge in [-0.1, -0.05) is 11.3 Å². The normalized spacial score (nSPS) is 24.6. The van der Waals surface area contributed by atoms with Gasteiger partial charge in [0.05, 0.1) is 29.0 Å². The van der Waals surface area contributed by atoms with Crippen LogP contribution in [0.1, 0.15) is 24.8 Å². The van der Waals surface area contributed by atoms with Crippen LogP contribution < -0.4 is 20.7 Å². The number of thiazole rings is 1. The van der Waals surface area contributed by atoms with Crippen molar-refractivity contribution in [1.82, 2.24) is 20.3 Å². The molecule has 5 heterocycles. The highest BCUT2D eigenvalue weighted by molar-refractivity contribution is 7.22. The van der Waals surface area contributed by atoms with Crippen molar-refractivity contribution in [3.05, 3.63) is 35.4 Å². The van der Waals surface area contributed by atoms with E-state index in [0.29, 0.717) is 13.1 Å². The van der Waals surface area contributed by atoms with E-state index in [1.807, 2.05) is 0 Å². The van der Waals surface area contributed by atoms with Gasteiger partial charge in [0, 0.05) is 48.1 Å². The number of aromatic nitrogens is 3. The largest absolute Gasteiger partial charge is 0.457 e. The number of halogens is 6. The van der Waals surface area contributed by atoms with Gasteiger partial charge in [0.25, 0.3) is 0 Å². The fourth-order valence-corrected chi connectivity index (χ4v) is 6.85. The number of nitrogen functional groups attached to an aromatic ring is 1. The minimum Gasteiger partial charge on any atom is -0.457 e. The molecule has 0 radical (unpaired) electrons. The zero-order valence-corrected chi connectivity index (χ0v) is 22.7. The van der Waals surface area contributed by atoms with Crippen LogP contribution in [0.25, 0.3) is 32.2 Å². The predicted octanol–water partition coefficient (Wildman–Crippen LogP) is 5.23. The topological polar surface area (TPSA) is 98.4 Å². The van der Waals surface area contributed by atoms with Crippen LogP contribution in [0.4, 0.5) is 37.3 Å². The number of alkyl halides is 4. The van der Waals surface area contributed by atoms with Crippen molar-refractivity contribution in [2.75, 3.05) is 36.9 Å². The number of nitrogens with zero attached hydrogens (tertiary/aromatic N) is 4. The van der Waals surface area contributed by atoms with Gasteiger partial charge >= 0.3 is 12.2 Å². The van der Waals surface area contributed by atoms with Crippen molar-refractivity contribution in [3.63, 3.8) is 0 Å². The summed E-state index contributed by atoms with van der Waals surface area (Å²) in [7, 11) is 0. The van der Waals surface area contributed by atoms with Gasteiger partial charge in [0.15, 0.2) is 17.1 Å². The lowest BCUT2D eigenvalue weighted by Gasteiger charge is -2.34. The molecule has 3 aliphatic heterocycles. The highest BCUT2D eigenvalue weighted by atomic mass is 32.1. The lowest BCUT2D eigenvalue weighted by molar-refractivity contribution is -0.137. The smallest absolute Gasteiger partial charge is 0.417 e. The number of benzene rings is 2. The van der Waals surface area contributed by atoms with Crippen LogP contribution in [-0.2, 0) is 10.9 Å². The van der Waals surface area contributed by atoms with Gasteiger partial charge in [0.2, 0.25) is 0 Å². The molecule has 3 saturated heterocycles. The minimum atomic E-state index is -5.01. The van der Waals surface area contributed by atoms with E-state index in [1.54, 1.807) is 4.90 Å². The fourth-order valence-electron chi connectivity index (χ4n) is 6.09. The number of fused-ring (bicyclic) bond motifs is 4. The highest BCUT2D eigenvalue weighted by Gasteiger charge is 2.40. The molecule has 222 valence electrons. The predicted molar refractivity (Wildman–Crippen MR) is 144 cm³/mol. The Labute approximate surface area is 238 Å². The lowest BCUT2D eigenvalue weighted by atomic mass is 9.95. The molecule has 2 aromatic carbocycles. The third kappa shape index (κ3) is 4.67. The molecule has 42 heavy (non-hydrogen) atoms. The van der Waals surface area contributed by atoms with Crippen molar-refractivity contribution in [3.8, 4) is 17.1 Å². The molecule has 4 aromatic rings. The van der Waals surface area contributed by atoms with Crippen LogP contribution in [-0.4, -0.2) is 65.6 Å². The Balaban J connectivity index is 1.48. The summed E-state index contributed by atoms with van der Waals surface area (Å²) in [6.45, 7) is 0.882. The number of piperazine rings is 1. The van der Waals surface area contributed by atoms with Gasteiger partial charge in [-0.15, -0.1) is 0 Å². The Morgan fingerprint density at radius 2 is 1.81 bits per heavy atom. The van der Waals surface area contributed by atoms with E-state index in [4.69, 9.17) is 15.2 Å². The Bertz CT molecular complexity index is 1690. The molecule has 0 spiro atoms. The Morgan fingerprint density at radius 1 is 1.05 bits per heavy atom. The van der Waals surface area contributed by atoms with Crippen LogP contribution in [0.5, 0.6) is 6.01 Å². The van der Waals surface area contributed by atoms with E-state index >= 15 is 4.39 Å². The highest BCUT2D eigenvalue weighted by Crippen LogP contribution is 2.46. The Kier molecular flexibility index (Phi) is 6.58. The van der Waals surface area contributed by atoms with Gasteiger partial charge in [-0.25, -0.2) is 18.2 Å². The number of ether oxygens (including phenoxy) is 2. The van der Waals surface area contributed by atoms with E-state index in [0.717, 1.165) is 42.4 Å². The van der Waals surface area contributed by atoms with E-state index in [2.05, 4.69) is 20.3 Å². The van der Waals surface area contributed by atoms with Gasteiger partial charge in [0.1, 0.15) is 23.3 Å². The molecule has 7 rings (SSSR count). The molecule has 4 unspecified atom stereocenters. The summed E-state index contributed by atoms with van der Waals surface area (Å²) < 4.78 is 100. The molecule has 2 aromatic heterocycles. The summed E-state index contributed by atoms with van der Waals surface area (Å²) in [5, 5.41) is 3.19. The van der Waals surface area contributed by atoms with E-state index in [-0.39, 0.29) is 69.8 Å². The number of nitrogens with one attached hydrogen (secondary N) is 1. The average molecular weight is 611 g/mol. The minimum absolute atomic E-state index is 0.0639. The van der Waals surface area contributed by atoms with E-state index < -0.39 is 46.7 Å². The lowest BCUT2D eigenvalue weighted by Crippen LogP contribution is -2.51. The number of anilines is 2. The SMILES string of the molecule is Nc1nc2c(-c3c(C(F)(F)F)cc4c(N5CC6CCC(C5)N6)nc(OC5CCOCC5F)nc4c3F)ccc(F)c2s1. The maximum atomic E-state index is 16.6. The first kappa shape index (κ1) is 27.4. The number of hydrogen-bond acceptors (Lipinski definition) is 9. The van der Waals surface area contributed by atoms with Gasteiger partial charge in [-0.2, -0.15) is 23.1 Å². The molecule has 3 aliphatic rings. The van der Waals surface area contributed by atoms with Crippen LogP contribution in [0.3, 0.4) is 0 Å². The second-order valence-corrected chi connectivity index (χ2v) is 11.8. The van der Waals surface area contributed by atoms with Gasteiger partial charge in [-0.05, 0) is 31.0 Å². The summed E-state index contributed by atoms with van der Waals surface area (Å²) >= 11 is 0.744. The molecule has 15 heteroatoms. The molecule has 2 bridgehead atoms. The van der Waals surface area contributed by atoms with Crippen LogP contribution in [0.15, 0.2) is 18.2 Å². The van der Waals surface area contributed by atoms with Crippen molar-refractivity contribution in [1.29, 1.82) is 0 Å². The van der Waals surface area contributed by atoms with Gasteiger partial charge in [-0.3, -0.25) is 0 Å². The summed E-state index contributed by atoms with van der Waals surface area (Å²) in [6.07, 6.45) is -5.53. The summed E-state index contributed by atoms with van der Waals surface area (Å²) in [5.41, 5.74) is 2.67. The molecule has 3 fully saturated rings. The molecule has 4 atom stereocenters. The maximum Gasteiger partial charge on any atom is 0.417 e. The van der Waals surface area contributed by atoms with Crippen LogP contribution in [0.2, 0.25) is 0 Å². The first-order chi connectivity index (χ1) is 20.1. The number of nitrogens with two attached hydrogens (primary N) is 1. The summed E-state index contributed by atoms with van der Waals surface area (Å²) in [5.74, 6) is -1.99. The first-order valence-corrected chi connectivity index (χ1v) is 14.2. The Hall–Kier alpha value is -3.43. The molecule has 8 nitrogen and oxygen atoms in total. The second kappa shape index (κ2) is 10.1. The third-order valence-corrected chi connectivity index (χ3v) is 8.87. The van der Waals surface area contributed by atoms with Crippen molar-refractivity contribution in [2.45, 2.75) is 49.8 Å². The summed E-state index contributed by atoms with van der Waals surface area (Å²) in [4.78, 5) is 14.4. The van der Waals surface area contributed by atoms with Gasteiger partial charge < -0.3 is 25.4 Å². The van der Waals surface area contributed by atoms with Crippen molar-refractivity contribution >= 4 is 43.4 Å². The Morgan fingerprint density at radius 3 is 2.52 bits per heavy atom. The standard InChI is InChI=1S/C27H24F6N6O2S/c28-16-4-3-13(22-23(16)42-25(34)36-22)19-15(27(31,32)33)7-14-21(20(19)30)37-26(41-18-5-6-40-10-17(18)29)38-24(14)39-8-11-1-2-12(9-39)35-11/h3-4,7,11-12,17-18,35H,1-2,5-6,8-10H2,(H2,34,36). The zero-order valence-electron chi connectivity index (χ0n) is 21.8. The third-order valence-electron chi connectivity index (χ3n) is 7.98. The van der Waals surface area contributed by atoms with E-state index in [1.165, 1.54) is 0 Å². The van der Waals surface area contributed by atoms with Crippen LogP contribution >= 0.6 is 11.3 Å². The molecule has 0 aliphatic carbocycles. The number of rotatable bonds is 4. The quantitative estimate of drug-likeness (QED) is 0.303. The summed E-state index contributed by atoms with van der Waals surface area (Å²) in [6, 6.07) is 2.61. The molecular formula is C27H24F6N6O2S. The first-order valence-electron chi connectivity index (χ1n) is 13.4. The molecule has 3 N–H and O–H groups in total. The maximum absolute atomic E-state index is 16.6. The zero-order chi connectivity index (χ0) is 29.3. The van der Waals surface area contributed by atoms with Crippen molar-refractivity contribution in [2.24, 2.45) is 0 Å². The fraction of sp³-hybridized carbons (Fsp3) is 0.444. The molecular weight excluding hydrogens is 586 g/mol. The van der Waals surface area contributed by atoms with Crippen LogP contribution in [0, 0.1) is 11.6 Å². The number of hydrogen-bond donors (Lipinski definition) is 2. The second-order valence-electron chi connectivity index (χ2n) is 10.7. The van der Waals surface area contributed by atoms with E-state index in [9.17, 15) is 22.0 Å². The molecule has 0 saturated carbocycles.